The maximum atomic E-state index is 15.8. The molecule has 14 N–H and O–H groups in total. The Bertz CT molecular complexity index is 2410. The van der Waals surface area contributed by atoms with E-state index in [2.05, 4.69) is 54.5 Å². The molecule has 32 atom stereocenters. The molecule has 4 saturated carbocycles. The third-order valence-corrected chi connectivity index (χ3v) is 22.7. The zero-order valence-corrected chi connectivity index (χ0v) is 49.2. The number of carbonyl (C=O) groups excluding carboxylic acids is 1. The first-order valence-electron chi connectivity index (χ1n) is 30.0. The van der Waals surface area contributed by atoms with Gasteiger partial charge >= 0.3 is 11.9 Å². The van der Waals surface area contributed by atoms with Crippen molar-refractivity contribution in [1.82, 2.24) is 0 Å². The molecule has 0 spiro atoms. The van der Waals surface area contributed by atoms with Gasteiger partial charge in [-0.1, -0.05) is 60.1 Å². The van der Waals surface area contributed by atoms with Gasteiger partial charge in [-0.25, -0.2) is 4.79 Å². The number of rotatable bonds is 11. The maximum absolute atomic E-state index is 15.8. The first-order valence-corrected chi connectivity index (χ1v) is 30.0. The highest BCUT2D eigenvalue weighted by Gasteiger charge is 2.72. The SMILES string of the molecule is C[C@@H]1O[C@@H](O[C@@H]2[C@@H](O[C@@H]3O[C@@H](C)[C@H](O[C@@H]4OC[C@@H](O)[C@H](O)[C@H]4O)[C@@H](O)[C@H]3O)[C@H](OC(=O)[C@]34CCC(C)(C)CC3C3=CCC5[C@@]6(C)CC[C@H](O[C@@H]7O[C@H](C(=O)O)[C@@H](O)[C@H](O)[C@H]7O)C(C)(C)C6CC[C@@]5(C)[C@]3(C)C[C@H]4O)OC[C@H]2O)[C@H](O)[C@H](O)[C@H]1O. The zero-order chi connectivity index (χ0) is 61.5. The van der Waals surface area contributed by atoms with Crippen molar-refractivity contribution in [1.29, 1.82) is 0 Å². The van der Waals surface area contributed by atoms with Crippen molar-refractivity contribution in [2.24, 2.45) is 50.2 Å². The summed E-state index contributed by atoms with van der Waals surface area (Å²) in [7, 11) is 0. The van der Waals surface area contributed by atoms with Gasteiger partial charge in [-0.2, -0.15) is 0 Å². The molecule has 0 bridgehead atoms. The molecule has 84 heavy (non-hydrogen) atoms. The van der Waals surface area contributed by atoms with Gasteiger partial charge in [-0.15, -0.1) is 0 Å². The highest BCUT2D eigenvalue weighted by atomic mass is 16.8. The number of aliphatic hydroxyl groups is 13. The second-order valence-corrected chi connectivity index (χ2v) is 28.3. The number of hydrogen-bond donors (Lipinski definition) is 14. The largest absolute Gasteiger partial charge is 0.479 e. The minimum absolute atomic E-state index is 0.0467. The minimum atomic E-state index is -1.99. The standard InChI is InChI=1S/C58H92O26/c1-22-32(62)34(64)39(69)48(77-22)81-43-27(60)21-76-51(45(43)83-49-41(71)37(67)42(23(2)78-49)80-47-38(68)33(63)26(59)20-75-47)84-52(74)58-17-16-53(3,4)18-25(58)24-10-11-29-55(7)14-13-31(79-50-40(70)35(65)36(66)44(82-50)46(72)73)54(5,6)28(55)12-15-56(29,8)57(24,9)19-30(58)61/h10,22-23,25-45,47-51,59-71H,11-21H2,1-9H3,(H,72,73)/t22-,23-,25?,26+,27+,28?,29?,30+,31-,32-,33-,34+,35-,36-,37-,38+,39+,40+,41+,42-,43-,44-,45+,47-,48-,49-,50+,51-,55-,56+,57+,58+/m0/s1. The minimum Gasteiger partial charge on any atom is -0.479 e. The van der Waals surface area contributed by atoms with Gasteiger partial charge in [0.05, 0.1) is 37.6 Å². The average Bonchev–Trinajstić information content (AvgIpc) is 2.61. The lowest BCUT2D eigenvalue weighted by atomic mass is 9.33. The van der Waals surface area contributed by atoms with Crippen LogP contribution in [0.3, 0.4) is 0 Å². The maximum Gasteiger partial charge on any atom is 0.335 e. The Kier molecular flexibility index (Phi) is 17.9. The van der Waals surface area contributed by atoms with E-state index in [1.165, 1.54) is 13.8 Å². The van der Waals surface area contributed by atoms with Gasteiger partial charge in [0.1, 0.15) is 90.9 Å². The van der Waals surface area contributed by atoms with Crippen molar-refractivity contribution < 1.29 is 128 Å². The molecule has 10 rings (SSSR count). The highest BCUT2D eigenvalue weighted by Crippen LogP contribution is 2.76. The summed E-state index contributed by atoms with van der Waals surface area (Å²) in [6, 6.07) is 0. The summed E-state index contributed by atoms with van der Waals surface area (Å²) in [5, 5.41) is 153. The topological polar surface area (TPSA) is 410 Å². The van der Waals surface area contributed by atoms with Crippen LogP contribution in [0.4, 0.5) is 0 Å². The Morgan fingerprint density at radius 3 is 1.77 bits per heavy atom. The number of hydrogen-bond acceptors (Lipinski definition) is 25. The zero-order valence-electron chi connectivity index (χ0n) is 49.2. The van der Waals surface area contributed by atoms with E-state index in [1.54, 1.807) is 0 Å². The molecule has 26 nitrogen and oxygen atoms in total. The second-order valence-electron chi connectivity index (χ2n) is 28.3. The number of carbonyl (C=O) groups is 2. The Morgan fingerprint density at radius 2 is 1.11 bits per heavy atom. The number of aliphatic carboxylic acids is 1. The van der Waals surface area contributed by atoms with Crippen LogP contribution >= 0.6 is 0 Å². The number of carboxylic acid groups (broad SMARTS) is 1. The summed E-state index contributed by atoms with van der Waals surface area (Å²) in [6.45, 7) is 17.1. The van der Waals surface area contributed by atoms with E-state index in [1.807, 2.05) is 0 Å². The van der Waals surface area contributed by atoms with E-state index in [0.29, 0.717) is 32.1 Å². The molecule has 5 heterocycles. The van der Waals surface area contributed by atoms with Crippen LogP contribution in [0.1, 0.15) is 120 Å². The predicted molar refractivity (Wildman–Crippen MR) is 283 cm³/mol. The van der Waals surface area contributed by atoms with E-state index >= 15 is 4.79 Å². The molecule has 0 amide bonds. The average molecular weight is 1210 g/mol. The normalized spacial score (nSPS) is 54.6. The number of aliphatic hydroxyl groups excluding tert-OH is 13. The van der Waals surface area contributed by atoms with Gasteiger partial charge in [0, 0.05) is 0 Å². The quantitative estimate of drug-likeness (QED) is 0.0616. The van der Waals surface area contributed by atoms with Crippen molar-refractivity contribution in [2.45, 2.75) is 274 Å². The van der Waals surface area contributed by atoms with E-state index in [-0.39, 0.29) is 35.5 Å². The summed E-state index contributed by atoms with van der Waals surface area (Å²) in [6.07, 6.45) is -33.2. The van der Waals surface area contributed by atoms with Crippen LogP contribution in [-0.2, 0) is 57.0 Å². The van der Waals surface area contributed by atoms with Crippen molar-refractivity contribution in [3.8, 4) is 0 Å². The fourth-order valence-corrected chi connectivity index (χ4v) is 17.4. The molecule has 0 aromatic carbocycles. The molecule has 10 aliphatic rings. The summed E-state index contributed by atoms with van der Waals surface area (Å²) in [5.41, 5.74) is -2.80. The lowest BCUT2D eigenvalue weighted by Crippen LogP contribution is -2.68. The number of ether oxygens (including phenoxy) is 10. The van der Waals surface area contributed by atoms with Crippen LogP contribution in [-0.4, -0.2) is 250 Å². The fourth-order valence-electron chi connectivity index (χ4n) is 17.4. The molecule has 0 aromatic heterocycles. The first kappa shape index (κ1) is 64.8. The predicted octanol–water partition coefficient (Wildman–Crippen LogP) is -1.81. The van der Waals surface area contributed by atoms with Crippen LogP contribution in [0.5, 0.6) is 0 Å². The van der Waals surface area contributed by atoms with E-state index in [9.17, 15) is 76.3 Å². The highest BCUT2D eigenvalue weighted by molar-refractivity contribution is 5.80. The molecule has 480 valence electrons. The second kappa shape index (κ2) is 23.2. The molecule has 26 heteroatoms. The Hall–Kier alpha value is -2.20. The third-order valence-electron chi connectivity index (χ3n) is 22.7. The Balaban J connectivity index is 0.929. The van der Waals surface area contributed by atoms with Gasteiger partial charge in [-0.3, -0.25) is 4.79 Å². The van der Waals surface area contributed by atoms with E-state index < -0.39 is 206 Å². The molecule has 5 aliphatic carbocycles. The molecule has 5 aliphatic heterocycles. The Labute approximate surface area is 487 Å². The third kappa shape index (κ3) is 10.5. The first-order chi connectivity index (χ1) is 39.1. The van der Waals surface area contributed by atoms with Crippen LogP contribution in [0.25, 0.3) is 0 Å². The van der Waals surface area contributed by atoms with Crippen LogP contribution in [0.2, 0.25) is 0 Å². The number of carboxylic acids is 1. The lowest BCUT2D eigenvalue weighted by molar-refractivity contribution is -0.384. The monoisotopic (exact) mass is 1200 g/mol. The van der Waals surface area contributed by atoms with Gasteiger partial charge in [0.2, 0.25) is 6.29 Å². The summed E-state index contributed by atoms with van der Waals surface area (Å²) < 4.78 is 60.2. The number of esters is 1. The summed E-state index contributed by atoms with van der Waals surface area (Å²) >= 11 is 0. The Morgan fingerprint density at radius 1 is 0.536 bits per heavy atom. The molecule has 0 aromatic rings. The van der Waals surface area contributed by atoms with Crippen molar-refractivity contribution in [3.05, 3.63) is 11.6 Å². The summed E-state index contributed by atoms with van der Waals surface area (Å²) in [4.78, 5) is 27.7. The molecule has 3 unspecified atom stereocenters. The van der Waals surface area contributed by atoms with Gasteiger partial charge in [0.15, 0.2) is 37.4 Å². The van der Waals surface area contributed by atoms with Crippen LogP contribution in [0.15, 0.2) is 11.6 Å². The summed E-state index contributed by atoms with van der Waals surface area (Å²) in [5.74, 6) is -2.79. The van der Waals surface area contributed by atoms with Gasteiger partial charge in [-0.05, 0) is 116 Å². The van der Waals surface area contributed by atoms with Crippen molar-refractivity contribution >= 4 is 11.9 Å². The van der Waals surface area contributed by atoms with Crippen LogP contribution < -0.4 is 0 Å². The van der Waals surface area contributed by atoms with Crippen molar-refractivity contribution in [3.63, 3.8) is 0 Å². The van der Waals surface area contributed by atoms with Gasteiger partial charge < -0.3 is 119 Å². The molecule has 5 saturated heterocycles. The van der Waals surface area contributed by atoms with Crippen LogP contribution in [0, 0.1) is 50.2 Å². The number of fused-ring (bicyclic) bond motifs is 7. The van der Waals surface area contributed by atoms with Crippen molar-refractivity contribution in [2.75, 3.05) is 13.2 Å². The van der Waals surface area contributed by atoms with E-state index in [4.69, 9.17) is 47.4 Å². The molecule has 0 radical (unpaired) electrons. The van der Waals surface area contributed by atoms with E-state index in [0.717, 1.165) is 18.4 Å². The molecular weight excluding hydrogens is 1110 g/mol. The number of allylic oxidation sites excluding steroid dienone is 2. The fraction of sp³-hybridized carbons (Fsp3) is 0.931. The lowest BCUT2D eigenvalue weighted by Gasteiger charge is -2.71. The smallest absolute Gasteiger partial charge is 0.335 e. The molecular formula is C58H92O26. The van der Waals surface area contributed by atoms with Gasteiger partial charge in [0.25, 0.3) is 0 Å². The molecule has 9 fully saturated rings.